The van der Waals surface area contributed by atoms with Gasteiger partial charge in [0.1, 0.15) is 0 Å². The lowest BCUT2D eigenvalue weighted by atomic mass is 9.83. The number of benzene rings is 1. The lowest BCUT2D eigenvalue weighted by Crippen LogP contribution is -2.32. The van der Waals surface area contributed by atoms with E-state index in [1.165, 1.54) is 0 Å². The maximum atomic E-state index is 11.6. The van der Waals surface area contributed by atoms with Gasteiger partial charge in [0.2, 0.25) is 0 Å². The van der Waals surface area contributed by atoms with E-state index in [2.05, 4.69) is 24.5 Å². The molecule has 0 aromatic heterocycles. The Bertz CT molecular complexity index is 406. The lowest BCUT2D eigenvalue weighted by Gasteiger charge is -2.30. The Hall–Kier alpha value is -1.55. The minimum Gasteiger partial charge on any atom is -0.396 e. The minimum atomic E-state index is -0.0944. The third-order valence-corrected chi connectivity index (χ3v) is 3.85. The molecule has 0 spiro atoms. The van der Waals surface area contributed by atoms with Gasteiger partial charge in [0.15, 0.2) is 0 Å². The number of hydrogen-bond donors (Lipinski definition) is 3. The van der Waals surface area contributed by atoms with Crippen LogP contribution in [0.4, 0.5) is 5.69 Å². The van der Waals surface area contributed by atoms with Gasteiger partial charge >= 0.3 is 0 Å². The molecule has 3 N–H and O–H groups in total. The van der Waals surface area contributed by atoms with Crippen molar-refractivity contribution in [1.29, 1.82) is 0 Å². The number of amides is 1. The molecule has 4 heteroatoms. The van der Waals surface area contributed by atoms with Crippen molar-refractivity contribution >= 4 is 11.6 Å². The fourth-order valence-electron chi connectivity index (χ4n) is 1.98. The maximum Gasteiger partial charge on any atom is 0.251 e. The summed E-state index contributed by atoms with van der Waals surface area (Å²) in [5, 5.41) is 15.5. The van der Waals surface area contributed by atoms with Gasteiger partial charge in [0.25, 0.3) is 5.91 Å². The zero-order valence-corrected chi connectivity index (χ0v) is 12.0. The molecular formula is C15H24N2O2. The molecule has 0 aliphatic carbocycles. The number of nitrogens with one attached hydrogen (secondary N) is 2. The van der Waals surface area contributed by atoms with Crippen LogP contribution in [0.2, 0.25) is 0 Å². The highest BCUT2D eigenvalue weighted by atomic mass is 16.3. The van der Waals surface area contributed by atoms with E-state index < -0.39 is 0 Å². The van der Waals surface area contributed by atoms with Crippen molar-refractivity contribution in [3.05, 3.63) is 29.8 Å². The lowest BCUT2D eigenvalue weighted by molar-refractivity contribution is 0.0963. The highest BCUT2D eigenvalue weighted by Gasteiger charge is 2.24. The molecule has 0 saturated heterocycles. The van der Waals surface area contributed by atoms with Crippen LogP contribution in [0.3, 0.4) is 0 Å². The molecule has 0 saturated carbocycles. The Morgan fingerprint density at radius 1 is 1.32 bits per heavy atom. The predicted octanol–water partition coefficient (Wildman–Crippen LogP) is 2.26. The maximum absolute atomic E-state index is 11.6. The molecule has 0 unspecified atom stereocenters. The molecule has 1 aromatic rings. The first-order chi connectivity index (χ1) is 9.10. The second kappa shape index (κ2) is 7.14. The van der Waals surface area contributed by atoms with E-state index in [0.717, 1.165) is 18.5 Å². The first-order valence-corrected chi connectivity index (χ1v) is 6.77. The van der Waals surface area contributed by atoms with Crippen molar-refractivity contribution in [3.63, 3.8) is 0 Å². The Labute approximate surface area is 115 Å². The molecule has 0 atom stereocenters. The standard InChI is InChI=1S/C15H24N2O2/c1-4-15(5-2,11-18)10-17-13-8-6-7-12(9-13)14(19)16-3/h6-9,17-18H,4-5,10-11H2,1-3H3,(H,16,19). The van der Waals surface area contributed by atoms with E-state index in [1.807, 2.05) is 18.2 Å². The molecule has 0 fully saturated rings. The summed E-state index contributed by atoms with van der Waals surface area (Å²) in [5.74, 6) is -0.0944. The molecule has 19 heavy (non-hydrogen) atoms. The first kappa shape index (κ1) is 15.5. The normalized spacial score (nSPS) is 11.2. The van der Waals surface area contributed by atoms with Gasteiger partial charge in [-0.3, -0.25) is 4.79 Å². The molecule has 4 nitrogen and oxygen atoms in total. The van der Waals surface area contributed by atoms with Crippen LogP contribution in [0.15, 0.2) is 24.3 Å². The summed E-state index contributed by atoms with van der Waals surface area (Å²) in [6.07, 6.45) is 1.84. The summed E-state index contributed by atoms with van der Waals surface area (Å²) in [4.78, 5) is 11.6. The van der Waals surface area contributed by atoms with Crippen molar-refractivity contribution in [3.8, 4) is 0 Å². The minimum absolute atomic E-state index is 0.0942. The molecule has 1 rings (SSSR count). The van der Waals surface area contributed by atoms with Gasteiger partial charge in [-0.1, -0.05) is 19.9 Å². The van der Waals surface area contributed by atoms with Gasteiger partial charge in [-0.15, -0.1) is 0 Å². The van der Waals surface area contributed by atoms with E-state index in [4.69, 9.17) is 0 Å². The fraction of sp³-hybridized carbons (Fsp3) is 0.533. The summed E-state index contributed by atoms with van der Waals surface area (Å²) in [5.41, 5.74) is 1.44. The third kappa shape index (κ3) is 3.96. The van der Waals surface area contributed by atoms with Gasteiger partial charge in [0.05, 0.1) is 6.61 Å². The number of aliphatic hydroxyl groups excluding tert-OH is 1. The Balaban J connectivity index is 2.75. The summed E-state index contributed by atoms with van der Waals surface area (Å²) in [6, 6.07) is 7.39. The van der Waals surface area contributed by atoms with Crippen molar-refractivity contribution in [2.45, 2.75) is 26.7 Å². The van der Waals surface area contributed by atoms with E-state index in [9.17, 15) is 9.90 Å². The molecule has 0 heterocycles. The van der Waals surface area contributed by atoms with Gasteiger partial charge in [-0.25, -0.2) is 0 Å². The second-order valence-corrected chi connectivity index (χ2v) is 4.88. The summed E-state index contributed by atoms with van der Waals surface area (Å²) in [6.45, 7) is 5.04. The Morgan fingerprint density at radius 2 is 2.00 bits per heavy atom. The fourth-order valence-corrected chi connectivity index (χ4v) is 1.98. The number of rotatable bonds is 7. The van der Waals surface area contributed by atoms with E-state index >= 15 is 0 Å². The van der Waals surface area contributed by atoms with Crippen LogP contribution in [0.5, 0.6) is 0 Å². The SMILES string of the molecule is CCC(CC)(CO)CNc1cccc(C(=O)NC)c1. The van der Waals surface area contributed by atoms with Gasteiger partial charge in [0, 0.05) is 30.3 Å². The van der Waals surface area contributed by atoms with Crippen molar-refractivity contribution in [2.24, 2.45) is 5.41 Å². The number of aliphatic hydroxyl groups is 1. The van der Waals surface area contributed by atoms with Gasteiger partial charge in [-0.05, 0) is 31.0 Å². The Morgan fingerprint density at radius 3 is 2.53 bits per heavy atom. The highest BCUT2D eigenvalue weighted by molar-refractivity contribution is 5.94. The second-order valence-electron chi connectivity index (χ2n) is 4.88. The zero-order valence-electron chi connectivity index (χ0n) is 12.0. The molecule has 106 valence electrons. The molecule has 1 aromatic carbocycles. The average molecular weight is 264 g/mol. The van der Waals surface area contributed by atoms with Crippen LogP contribution in [0, 0.1) is 5.41 Å². The number of hydrogen-bond acceptors (Lipinski definition) is 3. The zero-order chi connectivity index (χ0) is 14.3. The van der Waals surface area contributed by atoms with Crippen molar-refractivity contribution in [2.75, 3.05) is 25.5 Å². The summed E-state index contributed by atoms with van der Waals surface area (Å²) in [7, 11) is 1.62. The number of anilines is 1. The molecule has 1 amide bonds. The van der Waals surface area contributed by atoms with Crippen molar-refractivity contribution < 1.29 is 9.90 Å². The van der Waals surface area contributed by atoms with E-state index in [1.54, 1.807) is 13.1 Å². The molecule has 0 aliphatic heterocycles. The van der Waals surface area contributed by atoms with Crippen LogP contribution in [-0.4, -0.2) is 31.2 Å². The monoisotopic (exact) mass is 264 g/mol. The van der Waals surface area contributed by atoms with E-state index in [0.29, 0.717) is 12.1 Å². The van der Waals surface area contributed by atoms with Crippen molar-refractivity contribution in [1.82, 2.24) is 5.32 Å². The van der Waals surface area contributed by atoms with Gasteiger partial charge in [-0.2, -0.15) is 0 Å². The predicted molar refractivity (Wildman–Crippen MR) is 78.4 cm³/mol. The Kier molecular flexibility index (Phi) is 5.83. The van der Waals surface area contributed by atoms with Crippen LogP contribution < -0.4 is 10.6 Å². The third-order valence-electron chi connectivity index (χ3n) is 3.85. The number of carbonyl (C=O) groups excluding carboxylic acids is 1. The quantitative estimate of drug-likeness (QED) is 0.708. The average Bonchev–Trinajstić information content (AvgIpc) is 2.48. The first-order valence-electron chi connectivity index (χ1n) is 6.77. The van der Waals surface area contributed by atoms with E-state index in [-0.39, 0.29) is 17.9 Å². The summed E-state index contributed by atoms with van der Waals surface area (Å²) < 4.78 is 0. The molecule has 0 bridgehead atoms. The largest absolute Gasteiger partial charge is 0.396 e. The van der Waals surface area contributed by atoms with Crippen LogP contribution in [0.1, 0.15) is 37.0 Å². The van der Waals surface area contributed by atoms with Crippen LogP contribution >= 0.6 is 0 Å². The summed E-state index contributed by atoms with van der Waals surface area (Å²) >= 11 is 0. The van der Waals surface area contributed by atoms with Gasteiger partial charge < -0.3 is 15.7 Å². The molecular weight excluding hydrogens is 240 g/mol. The molecule has 0 radical (unpaired) electrons. The smallest absolute Gasteiger partial charge is 0.251 e. The van der Waals surface area contributed by atoms with Crippen LogP contribution in [-0.2, 0) is 0 Å². The topological polar surface area (TPSA) is 61.4 Å². The number of carbonyl (C=O) groups is 1. The molecule has 0 aliphatic rings. The highest BCUT2D eigenvalue weighted by Crippen LogP contribution is 2.26. The van der Waals surface area contributed by atoms with Crippen LogP contribution in [0.25, 0.3) is 0 Å².